The molecule has 0 bridgehead atoms. The van der Waals surface area contributed by atoms with Crippen LogP contribution in [0.15, 0.2) is 24.3 Å². The Morgan fingerprint density at radius 3 is 2.46 bits per heavy atom. The van der Waals surface area contributed by atoms with Crippen LogP contribution in [0.1, 0.15) is 47.0 Å². The molecule has 0 radical (unpaired) electrons. The molecule has 0 aromatic heterocycles. The van der Waals surface area contributed by atoms with Gasteiger partial charge in [0.15, 0.2) is 0 Å². The molecule has 0 saturated carbocycles. The molecule has 5 heteroatoms. The monoisotopic (exact) mass is 362 g/mol. The van der Waals surface area contributed by atoms with Gasteiger partial charge in [-0.05, 0) is 31.4 Å². The van der Waals surface area contributed by atoms with E-state index in [1.807, 2.05) is 18.2 Å². The Labute approximate surface area is 157 Å². The maximum atomic E-state index is 12.2. The van der Waals surface area contributed by atoms with E-state index in [0.717, 1.165) is 64.1 Å². The Hall–Kier alpha value is -1.75. The van der Waals surface area contributed by atoms with Gasteiger partial charge in [-0.25, -0.2) is 0 Å². The average molecular weight is 363 g/mol. The van der Waals surface area contributed by atoms with Gasteiger partial charge in [-0.15, -0.1) is 0 Å². The second-order valence-corrected chi connectivity index (χ2v) is 7.36. The molecule has 146 valence electrons. The van der Waals surface area contributed by atoms with Crippen molar-refractivity contribution in [3.63, 3.8) is 0 Å². The SMILES string of the molecule is C.CCC1(CC)CC(CCN2CCN(c3cccc(O)c3)CC2)OC1=O. The fourth-order valence-corrected chi connectivity index (χ4v) is 4.07. The first-order chi connectivity index (χ1) is 12.1. The second-order valence-electron chi connectivity index (χ2n) is 7.36. The first kappa shape index (κ1) is 20.6. The number of carbonyl (C=O) groups is 1. The van der Waals surface area contributed by atoms with E-state index in [4.69, 9.17) is 4.74 Å². The minimum atomic E-state index is -0.237. The summed E-state index contributed by atoms with van der Waals surface area (Å²) in [7, 11) is 0. The molecule has 1 unspecified atom stereocenters. The molecule has 1 N–H and O–H groups in total. The van der Waals surface area contributed by atoms with Gasteiger partial charge in [0.2, 0.25) is 0 Å². The molecule has 5 nitrogen and oxygen atoms in total. The lowest BCUT2D eigenvalue weighted by Crippen LogP contribution is -2.47. The van der Waals surface area contributed by atoms with Gasteiger partial charge in [-0.1, -0.05) is 27.3 Å². The summed E-state index contributed by atoms with van der Waals surface area (Å²) in [5, 5.41) is 9.63. The average Bonchev–Trinajstić information content (AvgIpc) is 2.96. The third-order valence-electron chi connectivity index (χ3n) is 6.01. The standard InChI is InChI=1S/C20H30N2O3.CH4/c1-3-20(4-2)15-18(25-19(20)24)8-9-21-10-12-22(13-11-21)16-6-5-7-17(23)14-16;/h5-7,14,18,23H,3-4,8-13,15H2,1-2H3;1H4. The molecular formula is C21H34N2O3. The number of hydrogen-bond donors (Lipinski definition) is 1. The van der Waals surface area contributed by atoms with E-state index in [-0.39, 0.29) is 24.9 Å². The predicted molar refractivity (Wildman–Crippen MR) is 106 cm³/mol. The van der Waals surface area contributed by atoms with Crippen LogP contribution < -0.4 is 4.90 Å². The highest BCUT2D eigenvalue weighted by Gasteiger charge is 2.46. The van der Waals surface area contributed by atoms with Gasteiger partial charge in [0.1, 0.15) is 11.9 Å². The molecule has 1 atom stereocenters. The van der Waals surface area contributed by atoms with Gasteiger partial charge < -0.3 is 14.7 Å². The number of hydrogen-bond acceptors (Lipinski definition) is 5. The lowest BCUT2D eigenvalue weighted by Gasteiger charge is -2.36. The molecule has 1 aromatic rings. The Kier molecular flexibility index (Phi) is 6.93. The number of ether oxygens (including phenoxy) is 1. The number of aromatic hydroxyl groups is 1. The van der Waals surface area contributed by atoms with Crippen LogP contribution in [0.2, 0.25) is 0 Å². The number of phenolic OH excluding ortho intramolecular Hbond substituents is 1. The Morgan fingerprint density at radius 1 is 1.19 bits per heavy atom. The smallest absolute Gasteiger partial charge is 0.312 e. The molecule has 0 amide bonds. The fourth-order valence-electron chi connectivity index (χ4n) is 4.07. The third-order valence-corrected chi connectivity index (χ3v) is 6.01. The number of carbonyl (C=O) groups excluding carboxylic acids is 1. The summed E-state index contributed by atoms with van der Waals surface area (Å²) in [6.07, 6.45) is 3.64. The quantitative estimate of drug-likeness (QED) is 0.783. The number of phenols is 1. The maximum Gasteiger partial charge on any atom is 0.312 e. The van der Waals surface area contributed by atoms with Crippen molar-refractivity contribution in [2.24, 2.45) is 5.41 Å². The van der Waals surface area contributed by atoms with Crippen LogP contribution in [-0.4, -0.2) is 54.8 Å². The van der Waals surface area contributed by atoms with Gasteiger partial charge in [-0.3, -0.25) is 9.69 Å². The van der Waals surface area contributed by atoms with E-state index < -0.39 is 0 Å². The maximum absolute atomic E-state index is 12.2. The van der Waals surface area contributed by atoms with E-state index in [9.17, 15) is 9.90 Å². The number of cyclic esters (lactones) is 1. The van der Waals surface area contributed by atoms with Crippen LogP contribution in [-0.2, 0) is 9.53 Å². The molecular weight excluding hydrogens is 328 g/mol. The molecule has 1 aromatic carbocycles. The third kappa shape index (κ3) is 4.32. The summed E-state index contributed by atoms with van der Waals surface area (Å²) in [4.78, 5) is 16.9. The highest BCUT2D eigenvalue weighted by Crippen LogP contribution is 2.41. The van der Waals surface area contributed by atoms with Crippen molar-refractivity contribution in [2.45, 2.75) is 53.1 Å². The molecule has 0 spiro atoms. The Morgan fingerprint density at radius 2 is 1.88 bits per heavy atom. The van der Waals surface area contributed by atoms with Crippen LogP contribution in [0.25, 0.3) is 0 Å². The number of rotatable bonds is 6. The highest BCUT2D eigenvalue weighted by atomic mass is 16.6. The second kappa shape index (κ2) is 8.76. The summed E-state index contributed by atoms with van der Waals surface area (Å²) in [5.74, 6) is 0.328. The van der Waals surface area contributed by atoms with E-state index >= 15 is 0 Å². The van der Waals surface area contributed by atoms with Gasteiger partial charge in [0.25, 0.3) is 0 Å². The zero-order chi connectivity index (χ0) is 17.9. The summed E-state index contributed by atoms with van der Waals surface area (Å²) < 4.78 is 5.65. The summed E-state index contributed by atoms with van der Waals surface area (Å²) in [6, 6.07) is 7.46. The number of esters is 1. The van der Waals surface area contributed by atoms with Gasteiger partial charge in [-0.2, -0.15) is 0 Å². The first-order valence-electron chi connectivity index (χ1n) is 9.54. The van der Waals surface area contributed by atoms with Gasteiger partial charge >= 0.3 is 5.97 Å². The van der Waals surface area contributed by atoms with Crippen LogP contribution in [0.4, 0.5) is 5.69 Å². The van der Waals surface area contributed by atoms with Crippen molar-refractivity contribution in [1.82, 2.24) is 4.90 Å². The predicted octanol–water partition coefficient (Wildman–Crippen LogP) is 3.66. The van der Waals surface area contributed by atoms with Crippen molar-refractivity contribution < 1.29 is 14.6 Å². The molecule has 2 aliphatic rings. The van der Waals surface area contributed by atoms with E-state index in [1.165, 1.54) is 0 Å². The topological polar surface area (TPSA) is 53.0 Å². The number of benzene rings is 1. The van der Waals surface area contributed by atoms with Crippen LogP contribution in [0.5, 0.6) is 5.75 Å². The first-order valence-corrected chi connectivity index (χ1v) is 9.54. The minimum absolute atomic E-state index is 0. The molecule has 2 saturated heterocycles. The van der Waals surface area contributed by atoms with Crippen LogP contribution in [0.3, 0.4) is 0 Å². The fraction of sp³-hybridized carbons (Fsp3) is 0.667. The normalized spacial score (nSPS) is 22.8. The van der Waals surface area contributed by atoms with Crippen molar-refractivity contribution in [2.75, 3.05) is 37.6 Å². The number of piperazine rings is 1. The summed E-state index contributed by atoms with van der Waals surface area (Å²) in [6.45, 7) is 9.09. The lowest BCUT2D eigenvalue weighted by molar-refractivity contribution is -0.149. The van der Waals surface area contributed by atoms with Crippen LogP contribution in [0, 0.1) is 5.41 Å². The van der Waals surface area contributed by atoms with Gasteiger partial charge in [0.05, 0.1) is 5.41 Å². The highest BCUT2D eigenvalue weighted by molar-refractivity contribution is 5.78. The molecule has 2 fully saturated rings. The minimum Gasteiger partial charge on any atom is -0.508 e. The van der Waals surface area contributed by atoms with Crippen LogP contribution >= 0.6 is 0 Å². The lowest BCUT2D eigenvalue weighted by atomic mass is 9.79. The number of nitrogens with zero attached hydrogens (tertiary/aromatic N) is 2. The largest absolute Gasteiger partial charge is 0.508 e. The molecule has 2 aliphatic heterocycles. The van der Waals surface area contributed by atoms with Crippen molar-refractivity contribution in [3.8, 4) is 5.75 Å². The Balaban J connectivity index is 0.00000243. The molecule has 2 heterocycles. The molecule has 26 heavy (non-hydrogen) atoms. The summed E-state index contributed by atoms with van der Waals surface area (Å²) in [5.41, 5.74) is 0.846. The zero-order valence-electron chi connectivity index (χ0n) is 15.4. The van der Waals surface area contributed by atoms with Crippen molar-refractivity contribution in [3.05, 3.63) is 24.3 Å². The van der Waals surface area contributed by atoms with E-state index in [1.54, 1.807) is 6.07 Å². The Bertz CT molecular complexity index is 593. The van der Waals surface area contributed by atoms with E-state index in [0.29, 0.717) is 5.75 Å². The number of anilines is 1. The van der Waals surface area contributed by atoms with Gasteiger partial charge in [0, 0.05) is 50.9 Å². The van der Waals surface area contributed by atoms with Crippen molar-refractivity contribution >= 4 is 11.7 Å². The molecule has 0 aliphatic carbocycles. The van der Waals surface area contributed by atoms with Crippen molar-refractivity contribution in [1.29, 1.82) is 0 Å². The zero-order valence-corrected chi connectivity index (χ0v) is 15.4. The summed E-state index contributed by atoms with van der Waals surface area (Å²) >= 11 is 0. The van der Waals surface area contributed by atoms with E-state index in [2.05, 4.69) is 23.6 Å². The molecule has 3 rings (SSSR count).